The summed E-state index contributed by atoms with van der Waals surface area (Å²) in [6.45, 7) is 0. The number of hydrogen-bond acceptors (Lipinski definition) is 4. The van der Waals surface area contributed by atoms with Crippen LogP contribution < -0.4 is 0 Å². The van der Waals surface area contributed by atoms with E-state index in [1.165, 1.54) is 12.1 Å². The lowest BCUT2D eigenvalue weighted by Gasteiger charge is -2.18. The van der Waals surface area contributed by atoms with Gasteiger partial charge in [0, 0.05) is 21.9 Å². The molecular weight excluding hydrogens is 328 g/mol. The first-order valence-corrected chi connectivity index (χ1v) is 8.13. The predicted molar refractivity (Wildman–Crippen MR) is 101 cm³/mol. The second-order valence-corrected chi connectivity index (χ2v) is 6.04. The van der Waals surface area contributed by atoms with Crippen LogP contribution in [0.25, 0.3) is 33.0 Å². The Hall–Kier alpha value is -3.66. The van der Waals surface area contributed by atoms with Crippen molar-refractivity contribution in [2.75, 3.05) is 0 Å². The highest BCUT2D eigenvalue weighted by Crippen LogP contribution is 2.53. The molecule has 0 aliphatic carbocycles. The van der Waals surface area contributed by atoms with Crippen LogP contribution >= 0.6 is 0 Å². The molecular formula is C22H16O4. The van der Waals surface area contributed by atoms with Crippen molar-refractivity contribution in [1.82, 2.24) is 0 Å². The van der Waals surface area contributed by atoms with Crippen molar-refractivity contribution in [2.24, 2.45) is 0 Å². The van der Waals surface area contributed by atoms with Gasteiger partial charge in [-0.2, -0.15) is 0 Å². The van der Waals surface area contributed by atoms with Gasteiger partial charge in [-0.3, -0.25) is 0 Å². The summed E-state index contributed by atoms with van der Waals surface area (Å²) < 4.78 is 0. The first-order valence-electron chi connectivity index (χ1n) is 8.13. The molecule has 128 valence electrons. The molecule has 0 radical (unpaired) electrons. The number of rotatable bonds is 2. The average molecular weight is 344 g/mol. The topological polar surface area (TPSA) is 80.9 Å². The Morgan fingerprint density at radius 3 is 1.58 bits per heavy atom. The quantitative estimate of drug-likeness (QED) is 0.386. The molecule has 0 fully saturated rings. The van der Waals surface area contributed by atoms with Crippen LogP contribution in [0.2, 0.25) is 0 Å². The van der Waals surface area contributed by atoms with Gasteiger partial charge in [0.15, 0.2) is 23.0 Å². The van der Waals surface area contributed by atoms with Crippen LogP contribution in [0, 0.1) is 0 Å². The molecule has 4 rings (SSSR count). The van der Waals surface area contributed by atoms with Gasteiger partial charge in [0.05, 0.1) is 0 Å². The molecule has 0 spiro atoms. The van der Waals surface area contributed by atoms with Gasteiger partial charge in [0.25, 0.3) is 0 Å². The van der Waals surface area contributed by atoms with Crippen LogP contribution in [0.5, 0.6) is 23.0 Å². The van der Waals surface area contributed by atoms with Crippen molar-refractivity contribution >= 4 is 10.8 Å². The maximum absolute atomic E-state index is 10.8. The lowest BCUT2D eigenvalue weighted by atomic mass is 9.88. The number of fused-ring (bicyclic) bond motifs is 1. The lowest BCUT2D eigenvalue weighted by Crippen LogP contribution is -1.91. The van der Waals surface area contributed by atoms with Gasteiger partial charge in [-0.25, -0.2) is 0 Å². The maximum Gasteiger partial charge on any atom is 0.166 e. The van der Waals surface area contributed by atoms with Crippen LogP contribution in [-0.4, -0.2) is 20.4 Å². The van der Waals surface area contributed by atoms with Crippen LogP contribution in [0.3, 0.4) is 0 Å². The monoisotopic (exact) mass is 344 g/mol. The van der Waals surface area contributed by atoms with E-state index < -0.39 is 0 Å². The predicted octanol–water partition coefficient (Wildman–Crippen LogP) is 5.00. The Morgan fingerprint density at radius 2 is 1.00 bits per heavy atom. The van der Waals surface area contributed by atoms with E-state index >= 15 is 0 Å². The van der Waals surface area contributed by atoms with Crippen molar-refractivity contribution in [2.45, 2.75) is 0 Å². The van der Waals surface area contributed by atoms with E-state index in [1.807, 2.05) is 60.7 Å². The molecule has 0 saturated carbocycles. The summed E-state index contributed by atoms with van der Waals surface area (Å²) in [5.74, 6) is -1.24. The molecule has 4 nitrogen and oxygen atoms in total. The third-order valence-electron chi connectivity index (χ3n) is 4.50. The third-order valence-corrected chi connectivity index (χ3v) is 4.50. The normalized spacial score (nSPS) is 10.9. The smallest absolute Gasteiger partial charge is 0.166 e. The molecule has 0 aliphatic heterocycles. The van der Waals surface area contributed by atoms with Crippen molar-refractivity contribution in [3.63, 3.8) is 0 Å². The van der Waals surface area contributed by atoms with Crippen molar-refractivity contribution in [3.05, 3.63) is 72.8 Å². The summed E-state index contributed by atoms with van der Waals surface area (Å²) >= 11 is 0. The fourth-order valence-corrected chi connectivity index (χ4v) is 3.30. The number of benzene rings is 4. The maximum atomic E-state index is 10.8. The Labute approximate surface area is 149 Å². The van der Waals surface area contributed by atoms with Gasteiger partial charge in [-0.1, -0.05) is 60.7 Å². The first-order chi connectivity index (χ1) is 12.6. The molecule has 0 unspecified atom stereocenters. The molecule has 4 aromatic carbocycles. The summed E-state index contributed by atoms with van der Waals surface area (Å²) in [6.07, 6.45) is 0. The minimum absolute atomic E-state index is 0.260. The van der Waals surface area contributed by atoms with E-state index in [2.05, 4.69) is 0 Å². The lowest BCUT2D eigenvalue weighted by molar-refractivity contribution is 0.404. The van der Waals surface area contributed by atoms with E-state index in [0.29, 0.717) is 16.7 Å². The summed E-state index contributed by atoms with van der Waals surface area (Å²) in [5.41, 5.74) is 2.36. The molecule has 26 heavy (non-hydrogen) atoms. The Balaban J connectivity index is 2.27. The van der Waals surface area contributed by atoms with Crippen LogP contribution in [0.15, 0.2) is 72.8 Å². The molecule has 0 aliphatic rings. The SMILES string of the molecule is Oc1ccc2c(O)c(O)c(-c3ccccc3)c(-c3ccccc3)c2c1O. The van der Waals surface area contributed by atoms with Gasteiger partial charge in [-0.05, 0) is 23.3 Å². The molecule has 0 saturated heterocycles. The Morgan fingerprint density at radius 1 is 0.462 bits per heavy atom. The molecule has 0 atom stereocenters. The molecule has 0 amide bonds. The second kappa shape index (κ2) is 6.01. The second-order valence-electron chi connectivity index (χ2n) is 6.04. The van der Waals surface area contributed by atoms with Crippen LogP contribution in [0.4, 0.5) is 0 Å². The van der Waals surface area contributed by atoms with Crippen molar-refractivity contribution in [3.8, 4) is 45.3 Å². The number of aromatic hydroxyl groups is 4. The molecule has 0 aromatic heterocycles. The average Bonchev–Trinajstić information content (AvgIpc) is 2.68. The van der Waals surface area contributed by atoms with E-state index in [0.717, 1.165) is 5.56 Å². The molecule has 0 bridgehead atoms. The molecule has 4 heteroatoms. The van der Waals surface area contributed by atoms with Gasteiger partial charge in [-0.15, -0.1) is 0 Å². The zero-order chi connectivity index (χ0) is 18.3. The molecule has 0 heterocycles. The van der Waals surface area contributed by atoms with Crippen LogP contribution in [0.1, 0.15) is 0 Å². The highest BCUT2D eigenvalue weighted by Gasteiger charge is 2.24. The zero-order valence-electron chi connectivity index (χ0n) is 13.7. The van der Waals surface area contributed by atoms with Gasteiger partial charge in [0.1, 0.15) is 0 Å². The number of hydrogen-bond donors (Lipinski definition) is 4. The van der Waals surface area contributed by atoms with Gasteiger partial charge in [0.2, 0.25) is 0 Å². The molecule has 4 N–H and O–H groups in total. The Bertz CT molecular complexity index is 1100. The highest BCUT2D eigenvalue weighted by molar-refractivity contribution is 6.13. The largest absolute Gasteiger partial charge is 0.504 e. The summed E-state index contributed by atoms with van der Waals surface area (Å²) in [5, 5.41) is 42.4. The fraction of sp³-hybridized carbons (Fsp3) is 0. The van der Waals surface area contributed by atoms with E-state index in [4.69, 9.17) is 0 Å². The summed E-state index contributed by atoms with van der Waals surface area (Å²) in [7, 11) is 0. The summed E-state index contributed by atoms with van der Waals surface area (Å²) in [6, 6.07) is 21.1. The minimum Gasteiger partial charge on any atom is -0.504 e. The third kappa shape index (κ3) is 2.31. The number of phenols is 4. The highest BCUT2D eigenvalue weighted by atomic mass is 16.3. The Kier molecular flexibility index (Phi) is 3.66. The molecule has 4 aromatic rings. The van der Waals surface area contributed by atoms with E-state index in [1.54, 1.807) is 0 Å². The van der Waals surface area contributed by atoms with E-state index in [-0.39, 0.29) is 33.8 Å². The standard InChI is InChI=1S/C22H16O4/c23-16-12-11-15-19(21(16)25)17(13-7-3-1-4-8-13)18(22(26)20(15)24)14-9-5-2-6-10-14/h1-12,23-26H. The fourth-order valence-electron chi connectivity index (χ4n) is 3.30. The van der Waals surface area contributed by atoms with Gasteiger partial charge < -0.3 is 20.4 Å². The van der Waals surface area contributed by atoms with Gasteiger partial charge >= 0.3 is 0 Å². The first kappa shape index (κ1) is 15.8. The van der Waals surface area contributed by atoms with Crippen molar-refractivity contribution < 1.29 is 20.4 Å². The van der Waals surface area contributed by atoms with Crippen LogP contribution in [-0.2, 0) is 0 Å². The van der Waals surface area contributed by atoms with E-state index in [9.17, 15) is 20.4 Å². The number of phenolic OH excluding ortho intramolecular Hbond substituents is 4. The minimum atomic E-state index is -0.339. The zero-order valence-corrected chi connectivity index (χ0v) is 13.7. The summed E-state index contributed by atoms with van der Waals surface area (Å²) in [4.78, 5) is 0. The van der Waals surface area contributed by atoms with Crippen molar-refractivity contribution in [1.29, 1.82) is 0 Å².